The monoisotopic (exact) mass is 326 g/mol. The number of anilines is 1. The lowest BCUT2D eigenvalue weighted by atomic mass is 10.1. The molecule has 0 aliphatic rings. The Kier molecular flexibility index (Phi) is 4.17. The normalized spacial score (nSPS) is 10.6. The van der Waals surface area contributed by atoms with Crippen LogP contribution in [-0.2, 0) is 0 Å². The fourth-order valence-corrected chi connectivity index (χ4v) is 2.63. The van der Waals surface area contributed by atoms with Crippen LogP contribution >= 0.6 is 11.6 Å². The largest absolute Gasteiger partial charge is 0.496 e. The number of methoxy groups -OCH3 is 1. The summed E-state index contributed by atoms with van der Waals surface area (Å²) in [4.78, 5) is 17.1. The van der Waals surface area contributed by atoms with E-state index in [-0.39, 0.29) is 5.91 Å². The number of halogens is 1. The van der Waals surface area contributed by atoms with Gasteiger partial charge in [-0.15, -0.1) is 0 Å². The summed E-state index contributed by atoms with van der Waals surface area (Å²) in [6, 6.07) is 14.5. The lowest BCUT2D eigenvalue weighted by Gasteiger charge is -2.12. The van der Waals surface area contributed by atoms with Crippen LogP contribution in [0, 0.1) is 6.92 Å². The molecule has 1 heterocycles. The zero-order chi connectivity index (χ0) is 16.4. The highest BCUT2D eigenvalue weighted by Gasteiger charge is 2.15. The molecule has 0 atom stereocenters. The number of rotatable bonds is 3. The molecule has 1 aromatic heterocycles. The van der Waals surface area contributed by atoms with Crippen molar-refractivity contribution in [2.24, 2.45) is 0 Å². The van der Waals surface area contributed by atoms with Crippen molar-refractivity contribution in [1.82, 2.24) is 4.98 Å². The van der Waals surface area contributed by atoms with Crippen molar-refractivity contribution in [1.29, 1.82) is 0 Å². The van der Waals surface area contributed by atoms with Crippen molar-refractivity contribution in [3.8, 4) is 5.75 Å². The third kappa shape index (κ3) is 3.12. The number of nitrogens with zero attached hydrogens (tertiary/aromatic N) is 1. The van der Waals surface area contributed by atoms with Crippen LogP contribution < -0.4 is 10.1 Å². The predicted molar refractivity (Wildman–Crippen MR) is 92.4 cm³/mol. The Labute approximate surface area is 139 Å². The maximum atomic E-state index is 12.6. The van der Waals surface area contributed by atoms with Crippen LogP contribution in [0.4, 0.5) is 5.69 Å². The van der Waals surface area contributed by atoms with Gasteiger partial charge >= 0.3 is 0 Å². The van der Waals surface area contributed by atoms with Crippen molar-refractivity contribution >= 4 is 34.1 Å². The highest BCUT2D eigenvalue weighted by molar-refractivity contribution is 6.31. The number of ether oxygens (including phenoxy) is 1. The number of hydrogen-bond donors (Lipinski definition) is 1. The quantitative estimate of drug-likeness (QED) is 0.773. The molecule has 1 amide bonds. The van der Waals surface area contributed by atoms with Gasteiger partial charge in [-0.25, -0.2) is 0 Å². The van der Waals surface area contributed by atoms with Crippen LogP contribution in [0.3, 0.4) is 0 Å². The molecule has 0 radical (unpaired) electrons. The van der Waals surface area contributed by atoms with E-state index in [9.17, 15) is 4.79 Å². The fraction of sp³-hybridized carbons (Fsp3) is 0.111. The highest BCUT2D eigenvalue weighted by atomic mass is 35.5. The Bertz CT molecular complexity index is 893. The molecule has 23 heavy (non-hydrogen) atoms. The predicted octanol–water partition coefficient (Wildman–Crippen LogP) is 4.46. The first-order valence-electron chi connectivity index (χ1n) is 7.10. The Hall–Kier alpha value is -2.59. The third-order valence-corrected chi connectivity index (χ3v) is 3.73. The van der Waals surface area contributed by atoms with Gasteiger partial charge in [0.25, 0.3) is 5.91 Å². The molecule has 0 saturated heterocycles. The van der Waals surface area contributed by atoms with Gasteiger partial charge in [0.2, 0.25) is 0 Å². The van der Waals surface area contributed by atoms with Gasteiger partial charge in [-0.1, -0.05) is 29.8 Å². The van der Waals surface area contributed by atoms with Crippen molar-refractivity contribution in [2.75, 3.05) is 12.4 Å². The second-order valence-corrected chi connectivity index (χ2v) is 5.56. The third-order valence-electron chi connectivity index (χ3n) is 3.50. The molecular weight excluding hydrogens is 312 g/mol. The van der Waals surface area contributed by atoms with Gasteiger partial charge in [0.15, 0.2) is 0 Å². The lowest BCUT2D eigenvalue weighted by Crippen LogP contribution is -2.14. The molecule has 0 saturated carbocycles. The van der Waals surface area contributed by atoms with E-state index in [1.165, 1.54) is 7.11 Å². The van der Waals surface area contributed by atoms with E-state index in [0.717, 1.165) is 16.6 Å². The summed E-state index contributed by atoms with van der Waals surface area (Å²) in [5.74, 6) is 0.196. The molecule has 0 bridgehead atoms. The minimum Gasteiger partial charge on any atom is -0.496 e. The van der Waals surface area contributed by atoms with Gasteiger partial charge in [-0.2, -0.15) is 0 Å². The van der Waals surface area contributed by atoms with Crippen molar-refractivity contribution in [3.63, 3.8) is 0 Å². The standard InChI is InChI=1S/C18H15ClN2O2/c1-11-9-16(13-5-3-4-6-15(13)20-11)21-18(22)14-10-12(19)7-8-17(14)23-2/h3-10H,1-2H3,(H,20,21,22). The number of hydrogen-bond acceptors (Lipinski definition) is 3. The number of para-hydroxylation sites is 1. The van der Waals surface area contributed by atoms with Gasteiger partial charge in [0, 0.05) is 16.1 Å². The smallest absolute Gasteiger partial charge is 0.259 e. The van der Waals surface area contributed by atoms with Crippen molar-refractivity contribution in [3.05, 3.63) is 64.8 Å². The molecule has 0 unspecified atom stereocenters. The van der Waals surface area contributed by atoms with Crippen LogP contribution in [0.2, 0.25) is 5.02 Å². The van der Waals surface area contributed by atoms with Gasteiger partial charge < -0.3 is 10.1 Å². The van der Waals surface area contributed by atoms with E-state index in [0.29, 0.717) is 22.0 Å². The summed E-state index contributed by atoms with van der Waals surface area (Å²) in [6.45, 7) is 1.89. The van der Waals surface area contributed by atoms with E-state index >= 15 is 0 Å². The molecule has 0 fully saturated rings. The molecule has 0 aliphatic heterocycles. The average molecular weight is 327 g/mol. The van der Waals surface area contributed by atoms with Crippen LogP contribution in [0.25, 0.3) is 10.9 Å². The lowest BCUT2D eigenvalue weighted by molar-refractivity contribution is 0.102. The fourth-order valence-electron chi connectivity index (χ4n) is 2.46. The zero-order valence-corrected chi connectivity index (χ0v) is 13.5. The number of benzene rings is 2. The van der Waals surface area contributed by atoms with E-state index in [4.69, 9.17) is 16.3 Å². The minimum absolute atomic E-state index is 0.278. The van der Waals surface area contributed by atoms with Crippen LogP contribution in [-0.4, -0.2) is 18.0 Å². The molecular formula is C18H15ClN2O2. The van der Waals surface area contributed by atoms with Gasteiger partial charge in [-0.3, -0.25) is 9.78 Å². The first-order chi connectivity index (χ1) is 11.1. The Balaban J connectivity index is 2.03. The molecule has 1 N–H and O–H groups in total. The molecule has 0 spiro atoms. The summed E-state index contributed by atoms with van der Waals surface area (Å²) in [5.41, 5.74) is 2.76. The van der Waals surface area contributed by atoms with Crippen LogP contribution in [0.5, 0.6) is 5.75 Å². The van der Waals surface area contributed by atoms with Gasteiger partial charge in [0.05, 0.1) is 23.9 Å². The Morgan fingerprint density at radius 2 is 1.96 bits per heavy atom. The Morgan fingerprint density at radius 3 is 2.74 bits per heavy atom. The molecule has 0 aliphatic carbocycles. The number of carbonyl (C=O) groups is 1. The number of amides is 1. The molecule has 116 valence electrons. The summed E-state index contributed by atoms with van der Waals surface area (Å²) in [5, 5.41) is 4.29. The molecule has 5 heteroatoms. The number of pyridine rings is 1. The number of carbonyl (C=O) groups excluding carboxylic acids is 1. The maximum Gasteiger partial charge on any atom is 0.259 e. The van der Waals surface area contributed by atoms with E-state index in [1.807, 2.05) is 37.3 Å². The second-order valence-electron chi connectivity index (χ2n) is 5.13. The summed E-state index contributed by atoms with van der Waals surface area (Å²) < 4.78 is 5.24. The summed E-state index contributed by atoms with van der Waals surface area (Å²) in [6.07, 6.45) is 0. The van der Waals surface area contributed by atoms with E-state index < -0.39 is 0 Å². The number of nitrogens with one attached hydrogen (secondary N) is 1. The first kappa shape index (κ1) is 15.3. The average Bonchev–Trinajstić information content (AvgIpc) is 2.54. The summed E-state index contributed by atoms with van der Waals surface area (Å²) >= 11 is 6.00. The minimum atomic E-state index is -0.278. The number of aryl methyl sites for hydroxylation is 1. The van der Waals surface area contributed by atoms with Gasteiger partial charge in [-0.05, 0) is 37.3 Å². The highest BCUT2D eigenvalue weighted by Crippen LogP contribution is 2.27. The number of fused-ring (bicyclic) bond motifs is 1. The van der Waals surface area contributed by atoms with E-state index in [2.05, 4.69) is 10.3 Å². The van der Waals surface area contributed by atoms with E-state index in [1.54, 1.807) is 18.2 Å². The van der Waals surface area contributed by atoms with Crippen molar-refractivity contribution < 1.29 is 9.53 Å². The molecule has 3 aromatic rings. The molecule has 3 rings (SSSR count). The number of aromatic nitrogens is 1. The Morgan fingerprint density at radius 1 is 1.17 bits per heavy atom. The van der Waals surface area contributed by atoms with Crippen LogP contribution in [0.15, 0.2) is 48.5 Å². The molecule has 2 aromatic carbocycles. The maximum absolute atomic E-state index is 12.6. The first-order valence-corrected chi connectivity index (χ1v) is 7.47. The van der Waals surface area contributed by atoms with Crippen LogP contribution in [0.1, 0.15) is 16.1 Å². The topological polar surface area (TPSA) is 51.2 Å². The summed E-state index contributed by atoms with van der Waals surface area (Å²) in [7, 11) is 1.52. The van der Waals surface area contributed by atoms with Crippen molar-refractivity contribution in [2.45, 2.75) is 6.92 Å². The van der Waals surface area contributed by atoms with Gasteiger partial charge in [0.1, 0.15) is 5.75 Å². The second kappa shape index (κ2) is 6.26. The zero-order valence-electron chi connectivity index (χ0n) is 12.8. The molecule has 4 nitrogen and oxygen atoms in total. The SMILES string of the molecule is COc1ccc(Cl)cc1C(=O)Nc1cc(C)nc2ccccc12.